The molecule has 2 atom stereocenters. The van der Waals surface area contributed by atoms with Gasteiger partial charge >= 0.3 is 0 Å². The number of benzene rings is 1. The summed E-state index contributed by atoms with van der Waals surface area (Å²) in [7, 11) is 0. The topological polar surface area (TPSA) is 82.8 Å². The Balaban J connectivity index is 1.50. The number of amides is 2. The number of aliphatic hydroxyl groups excluding tert-OH is 1. The zero-order valence-electron chi connectivity index (χ0n) is 13.5. The van der Waals surface area contributed by atoms with Gasteiger partial charge in [0.15, 0.2) is 0 Å². The molecule has 0 radical (unpaired) electrons. The second kappa shape index (κ2) is 7.48. The van der Waals surface area contributed by atoms with Crippen LogP contribution in [0, 0.1) is 11.7 Å². The summed E-state index contributed by atoms with van der Waals surface area (Å²) in [6, 6.07) is 8.96. The van der Waals surface area contributed by atoms with Gasteiger partial charge in [0.1, 0.15) is 17.7 Å². The molecule has 0 bridgehead atoms. The Morgan fingerprint density at radius 1 is 1.36 bits per heavy atom. The molecule has 2 amide bonds. The Kier molecular flexibility index (Phi) is 5.14. The molecule has 3 rings (SSSR count). The summed E-state index contributed by atoms with van der Waals surface area (Å²) in [5, 5.41) is 12.6. The molecule has 6 nitrogen and oxygen atoms in total. The minimum Gasteiger partial charge on any atom is -0.467 e. The van der Waals surface area contributed by atoms with Gasteiger partial charge in [-0.3, -0.25) is 9.59 Å². The fraction of sp³-hybridized carbons (Fsp3) is 0.333. The van der Waals surface area contributed by atoms with Crippen LogP contribution in [0.25, 0.3) is 0 Å². The van der Waals surface area contributed by atoms with Crippen LogP contribution < -0.4 is 10.2 Å². The van der Waals surface area contributed by atoms with Gasteiger partial charge in [-0.25, -0.2) is 4.39 Å². The third-order valence-corrected chi connectivity index (χ3v) is 4.22. The molecule has 1 saturated heterocycles. The van der Waals surface area contributed by atoms with Gasteiger partial charge in [0.2, 0.25) is 11.8 Å². The predicted octanol–water partition coefficient (Wildman–Crippen LogP) is 2.01. The Morgan fingerprint density at radius 3 is 2.80 bits per heavy atom. The number of nitrogens with one attached hydrogen (secondary N) is 1. The first-order chi connectivity index (χ1) is 12.0. The van der Waals surface area contributed by atoms with E-state index in [4.69, 9.17) is 4.42 Å². The molecular weight excluding hydrogens is 327 g/mol. The van der Waals surface area contributed by atoms with Crippen LogP contribution in [0.1, 0.15) is 24.7 Å². The SMILES string of the molecule is O=C(NCCC(O)c1ccco1)C1CC(=O)N(c2ccc(F)cc2)C1. The van der Waals surface area contributed by atoms with Crippen molar-refractivity contribution in [2.45, 2.75) is 18.9 Å². The summed E-state index contributed by atoms with van der Waals surface area (Å²) in [5.74, 6) is -0.780. The van der Waals surface area contributed by atoms with Crippen molar-refractivity contribution in [2.75, 3.05) is 18.0 Å². The van der Waals surface area contributed by atoms with E-state index in [9.17, 15) is 19.1 Å². The standard InChI is InChI=1S/C18H19FN2O4/c19-13-3-5-14(6-4-13)21-11-12(10-17(21)23)18(24)20-8-7-15(22)16-2-1-9-25-16/h1-6,9,12,15,22H,7-8,10-11H2,(H,20,24). The number of halogens is 1. The Labute approximate surface area is 144 Å². The Bertz CT molecular complexity index is 730. The molecular formula is C18H19FN2O4. The van der Waals surface area contributed by atoms with Crippen molar-refractivity contribution < 1.29 is 23.5 Å². The molecule has 1 aliphatic rings. The summed E-state index contributed by atoms with van der Waals surface area (Å²) in [4.78, 5) is 25.8. The molecule has 2 N–H and O–H groups in total. The summed E-state index contributed by atoms with van der Waals surface area (Å²) in [6.45, 7) is 0.541. The number of carbonyl (C=O) groups excluding carboxylic acids is 2. The Hall–Kier alpha value is -2.67. The van der Waals surface area contributed by atoms with Crippen LogP contribution in [0.15, 0.2) is 47.1 Å². The molecule has 2 heterocycles. The molecule has 25 heavy (non-hydrogen) atoms. The van der Waals surface area contributed by atoms with Crippen LogP contribution in [-0.4, -0.2) is 30.0 Å². The highest BCUT2D eigenvalue weighted by molar-refractivity contribution is 6.00. The lowest BCUT2D eigenvalue weighted by atomic mass is 10.1. The van der Waals surface area contributed by atoms with Crippen LogP contribution in [0.4, 0.5) is 10.1 Å². The lowest BCUT2D eigenvalue weighted by Gasteiger charge is -2.17. The fourth-order valence-corrected chi connectivity index (χ4v) is 2.85. The molecule has 7 heteroatoms. The normalized spacial score (nSPS) is 18.4. The highest BCUT2D eigenvalue weighted by atomic mass is 19.1. The first-order valence-corrected chi connectivity index (χ1v) is 8.09. The van der Waals surface area contributed by atoms with E-state index in [1.807, 2.05) is 0 Å². The average Bonchev–Trinajstić information content (AvgIpc) is 3.25. The summed E-state index contributed by atoms with van der Waals surface area (Å²) in [6.07, 6.45) is 1.13. The first-order valence-electron chi connectivity index (χ1n) is 8.09. The molecule has 0 spiro atoms. The zero-order chi connectivity index (χ0) is 17.8. The van der Waals surface area contributed by atoms with E-state index in [1.165, 1.54) is 35.4 Å². The monoisotopic (exact) mass is 346 g/mol. The number of furan rings is 1. The van der Waals surface area contributed by atoms with Crippen LogP contribution in [-0.2, 0) is 9.59 Å². The average molecular weight is 346 g/mol. The van der Waals surface area contributed by atoms with E-state index in [0.717, 1.165) is 0 Å². The third kappa shape index (κ3) is 4.06. The predicted molar refractivity (Wildman–Crippen MR) is 88.2 cm³/mol. The maximum absolute atomic E-state index is 13.0. The fourth-order valence-electron chi connectivity index (χ4n) is 2.85. The van der Waals surface area contributed by atoms with Crippen LogP contribution in [0.5, 0.6) is 0 Å². The van der Waals surface area contributed by atoms with Crippen molar-refractivity contribution in [1.29, 1.82) is 0 Å². The molecule has 2 aromatic rings. The number of hydrogen-bond donors (Lipinski definition) is 2. The number of carbonyl (C=O) groups is 2. The van der Waals surface area contributed by atoms with Gasteiger partial charge in [-0.1, -0.05) is 0 Å². The highest BCUT2D eigenvalue weighted by Crippen LogP contribution is 2.25. The van der Waals surface area contributed by atoms with Gasteiger partial charge in [0.25, 0.3) is 0 Å². The number of anilines is 1. The Morgan fingerprint density at radius 2 is 2.12 bits per heavy atom. The molecule has 1 aliphatic heterocycles. The first kappa shape index (κ1) is 17.2. The molecule has 1 fully saturated rings. The van der Waals surface area contributed by atoms with E-state index in [-0.39, 0.29) is 37.1 Å². The highest BCUT2D eigenvalue weighted by Gasteiger charge is 2.35. The summed E-state index contributed by atoms with van der Waals surface area (Å²) < 4.78 is 18.1. The maximum atomic E-state index is 13.0. The molecule has 0 aliphatic carbocycles. The van der Waals surface area contributed by atoms with Gasteiger partial charge in [0.05, 0.1) is 12.2 Å². The largest absolute Gasteiger partial charge is 0.467 e. The smallest absolute Gasteiger partial charge is 0.227 e. The number of nitrogens with zero attached hydrogens (tertiary/aromatic N) is 1. The van der Waals surface area contributed by atoms with E-state index in [2.05, 4.69) is 5.32 Å². The second-order valence-electron chi connectivity index (χ2n) is 5.99. The lowest BCUT2D eigenvalue weighted by Crippen LogP contribution is -2.34. The van der Waals surface area contributed by atoms with Crippen molar-refractivity contribution in [3.63, 3.8) is 0 Å². The summed E-state index contributed by atoms with van der Waals surface area (Å²) in [5.41, 5.74) is 0.579. The van der Waals surface area contributed by atoms with Gasteiger partial charge in [0, 0.05) is 25.2 Å². The quantitative estimate of drug-likeness (QED) is 0.838. The number of rotatable bonds is 6. The van der Waals surface area contributed by atoms with Gasteiger partial charge < -0.3 is 19.7 Å². The van der Waals surface area contributed by atoms with Gasteiger partial charge in [-0.15, -0.1) is 0 Å². The van der Waals surface area contributed by atoms with Crippen molar-refractivity contribution in [1.82, 2.24) is 5.32 Å². The second-order valence-corrected chi connectivity index (χ2v) is 5.99. The van der Waals surface area contributed by atoms with Crippen LogP contribution in [0.3, 0.4) is 0 Å². The van der Waals surface area contributed by atoms with Crippen molar-refractivity contribution >= 4 is 17.5 Å². The molecule has 2 unspecified atom stereocenters. The van der Waals surface area contributed by atoms with Gasteiger partial charge in [-0.05, 0) is 42.8 Å². The van der Waals surface area contributed by atoms with Crippen molar-refractivity contribution in [3.05, 3.63) is 54.2 Å². The number of aliphatic hydroxyl groups is 1. The third-order valence-electron chi connectivity index (χ3n) is 4.22. The molecule has 132 valence electrons. The van der Waals surface area contributed by atoms with Crippen LogP contribution in [0.2, 0.25) is 0 Å². The van der Waals surface area contributed by atoms with Gasteiger partial charge in [-0.2, -0.15) is 0 Å². The number of hydrogen-bond acceptors (Lipinski definition) is 4. The van der Waals surface area contributed by atoms with Crippen molar-refractivity contribution in [2.24, 2.45) is 5.92 Å². The van der Waals surface area contributed by atoms with E-state index < -0.39 is 12.0 Å². The lowest BCUT2D eigenvalue weighted by molar-refractivity contribution is -0.126. The van der Waals surface area contributed by atoms with Crippen molar-refractivity contribution in [3.8, 4) is 0 Å². The minimum atomic E-state index is -0.781. The van der Waals surface area contributed by atoms with E-state index in [0.29, 0.717) is 17.9 Å². The minimum absolute atomic E-state index is 0.115. The van der Waals surface area contributed by atoms with E-state index in [1.54, 1.807) is 12.1 Å². The van der Waals surface area contributed by atoms with Crippen LogP contribution >= 0.6 is 0 Å². The molecule has 1 aromatic carbocycles. The zero-order valence-corrected chi connectivity index (χ0v) is 13.5. The molecule has 0 saturated carbocycles. The molecule has 1 aromatic heterocycles. The van der Waals surface area contributed by atoms with E-state index >= 15 is 0 Å². The maximum Gasteiger partial charge on any atom is 0.227 e. The summed E-state index contributed by atoms with van der Waals surface area (Å²) >= 11 is 0.